The van der Waals surface area contributed by atoms with Gasteiger partial charge in [-0.3, -0.25) is 14.8 Å². The van der Waals surface area contributed by atoms with Crippen LogP contribution in [0, 0.1) is 11.8 Å². The molecule has 4 aromatic heterocycles. The van der Waals surface area contributed by atoms with E-state index < -0.39 is 11.3 Å². The van der Waals surface area contributed by atoms with E-state index in [4.69, 9.17) is 0 Å². The molecule has 32 heavy (non-hydrogen) atoms. The molecule has 1 aliphatic carbocycles. The van der Waals surface area contributed by atoms with Crippen molar-refractivity contribution in [2.75, 3.05) is 0 Å². The fourth-order valence-electron chi connectivity index (χ4n) is 3.03. The zero-order valence-electron chi connectivity index (χ0n) is 16.6. The summed E-state index contributed by atoms with van der Waals surface area (Å²) in [6.07, 6.45) is 7.73. The van der Waals surface area contributed by atoms with E-state index in [-0.39, 0.29) is 28.7 Å². The van der Waals surface area contributed by atoms with Crippen molar-refractivity contribution in [2.45, 2.75) is 18.9 Å². The van der Waals surface area contributed by atoms with Gasteiger partial charge in [0.25, 0.3) is 11.9 Å². The highest BCUT2D eigenvalue weighted by Crippen LogP contribution is 2.19. The van der Waals surface area contributed by atoms with E-state index in [1.165, 1.54) is 29.5 Å². The lowest BCUT2D eigenvalue weighted by Crippen LogP contribution is -2.33. The van der Waals surface area contributed by atoms with Crippen LogP contribution in [0.15, 0.2) is 59.9 Å². The fraction of sp³-hybridized carbons (Fsp3) is 0.136. The summed E-state index contributed by atoms with van der Waals surface area (Å²) < 4.78 is 2.18. The summed E-state index contributed by atoms with van der Waals surface area (Å²) >= 11 is 0. The van der Waals surface area contributed by atoms with Crippen molar-refractivity contribution in [3.05, 3.63) is 82.3 Å². The van der Waals surface area contributed by atoms with Crippen molar-refractivity contribution in [3.8, 4) is 17.8 Å². The van der Waals surface area contributed by atoms with Gasteiger partial charge in [-0.15, -0.1) is 0 Å². The van der Waals surface area contributed by atoms with Gasteiger partial charge in [0.2, 0.25) is 17.8 Å². The van der Waals surface area contributed by atoms with Gasteiger partial charge >= 0.3 is 0 Å². The summed E-state index contributed by atoms with van der Waals surface area (Å²) in [5.74, 6) is 5.39. The lowest BCUT2D eigenvalue weighted by molar-refractivity contribution is -0.904. The molecular weight excluding hydrogens is 410 g/mol. The van der Waals surface area contributed by atoms with E-state index in [0.717, 1.165) is 17.6 Å². The van der Waals surface area contributed by atoms with Crippen LogP contribution < -0.4 is 15.5 Å². The molecule has 2 N–H and O–H groups in total. The second-order valence-corrected chi connectivity index (χ2v) is 7.18. The Hall–Kier alpha value is -4.65. The van der Waals surface area contributed by atoms with E-state index in [0.29, 0.717) is 11.3 Å². The van der Waals surface area contributed by atoms with Gasteiger partial charge in [-0.25, -0.2) is 15.0 Å². The van der Waals surface area contributed by atoms with Crippen LogP contribution in [0.1, 0.15) is 34.6 Å². The number of amides is 1. The Bertz CT molecular complexity index is 1480. The zero-order valence-corrected chi connectivity index (χ0v) is 16.6. The molecule has 1 aliphatic rings. The van der Waals surface area contributed by atoms with Gasteiger partial charge in [0, 0.05) is 29.2 Å². The lowest BCUT2D eigenvalue weighted by atomic mass is 10.2. The Kier molecular flexibility index (Phi) is 4.76. The van der Waals surface area contributed by atoms with Crippen LogP contribution in [-0.4, -0.2) is 41.9 Å². The number of nitrogens with zero attached hydrogens (tertiary/aromatic N) is 6. The summed E-state index contributed by atoms with van der Waals surface area (Å²) in [6.45, 7) is 0. The summed E-state index contributed by atoms with van der Waals surface area (Å²) in [4.78, 5) is 38.3. The van der Waals surface area contributed by atoms with Crippen molar-refractivity contribution in [2.24, 2.45) is 0 Å². The van der Waals surface area contributed by atoms with Crippen molar-refractivity contribution < 1.29 is 14.7 Å². The molecule has 10 nitrogen and oxygen atoms in total. The number of fused-ring (bicyclic) bond motifs is 1. The summed E-state index contributed by atoms with van der Waals surface area (Å²) in [6, 6.07) is 8.30. The van der Waals surface area contributed by atoms with Gasteiger partial charge in [-0.2, -0.15) is 9.78 Å². The molecule has 5 rings (SSSR count). The summed E-state index contributed by atoms with van der Waals surface area (Å²) in [7, 11) is 0. The molecule has 0 bridgehead atoms. The molecule has 0 saturated heterocycles. The first kappa shape index (κ1) is 19.3. The molecule has 0 aromatic carbocycles. The van der Waals surface area contributed by atoms with Crippen molar-refractivity contribution >= 4 is 16.9 Å². The molecule has 10 heteroatoms. The van der Waals surface area contributed by atoms with Gasteiger partial charge in [-0.1, -0.05) is 5.92 Å². The minimum absolute atomic E-state index is 0.0761. The molecule has 0 aliphatic heterocycles. The molecule has 0 spiro atoms. The molecule has 4 heterocycles. The number of aromatic nitrogens is 6. The molecule has 1 fully saturated rings. The standard InChI is InChI=1S/C22H15N7O3/c30-19-17-4-1-10-23-20(17)29(27-18(19)21(31)25-15-7-8-15)22-24-11-9-16(26-22)6-5-14-3-2-12-28(32)13-14/h1-4,9-13,15H,7-8H2,(H-,25,31,32)/p+1. The van der Waals surface area contributed by atoms with Crippen LogP contribution in [0.4, 0.5) is 0 Å². The van der Waals surface area contributed by atoms with Crippen LogP contribution >= 0.6 is 0 Å². The summed E-state index contributed by atoms with van der Waals surface area (Å²) in [5, 5.41) is 16.8. The zero-order chi connectivity index (χ0) is 22.1. The van der Waals surface area contributed by atoms with Crippen LogP contribution in [0.3, 0.4) is 0 Å². The van der Waals surface area contributed by atoms with Crippen LogP contribution in [0.5, 0.6) is 0 Å². The predicted octanol–water partition coefficient (Wildman–Crippen LogP) is 0.387. The first-order valence-electron chi connectivity index (χ1n) is 9.83. The lowest BCUT2D eigenvalue weighted by Gasteiger charge is -2.10. The Balaban J connectivity index is 1.60. The summed E-state index contributed by atoms with van der Waals surface area (Å²) in [5.41, 5.74) is 0.462. The smallest absolute Gasteiger partial charge is 0.276 e. The monoisotopic (exact) mass is 426 g/mol. The fourth-order valence-corrected chi connectivity index (χ4v) is 3.03. The van der Waals surface area contributed by atoms with Gasteiger partial charge in [0.05, 0.1) is 10.9 Å². The third kappa shape index (κ3) is 3.87. The van der Waals surface area contributed by atoms with Gasteiger partial charge in [-0.05, 0) is 43.0 Å². The van der Waals surface area contributed by atoms with E-state index in [1.54, 1.807) is 30.3 Å². The first-order valence-corrected chi connectivity index (χ1v) is 9.83. The molecule has 1 saturated carbocycles. The molecule has 0 radical (unpaired) electrons. The number of rotatable bonds is 3. The Morgan fingerprint density at radius 2 is 2.03 bits per heavy atom. The molecule has 4 aromatic rings. The van der Waals surface area contributed by atoms with Crippen LogP contribution in [-0.2, 0) is 0 Å². The highest BCUT2D eigenvalue weighted by atomic mass is 16.5. The van der Waals surface area contributed by atoms with E-state index >= 15 is 0 Å². The van der Waals surface area contributed by atoms with E-state index in [2.05, 4.69) is 37.2 Å². The highest BCUT2D eigenvalue weighted by Gasteiger charge is 2.27. The SMILES string of the molecule is O=C(NC1CC1)c1nn(-c2nccc(C#Cc3ccc[n+](O)c3)n2)c2ncccc2c1=O. The number of hydrogen-bond acceptors (Lipinski definition) is 7. The molecule has 156 valence electrons. The van der Waals surface area contributed by atoms with Crippen LogP contribution in [0.25, 0.3) is 17.0 Å². The predicted molar refractivity (Wildman–Crippen MR) is 111 cm³/mol. The molecule has 0 atom stereocenters. The van der Waals surface area contributed by atoms with E-state index in [9.17, 15) is 14.8 Å². The minimum atomic E-state index is -0.533. The molecule has 0 unspecified atom stereocenters. The number of carbonyl (C=O) groups excluding carboxylic acids is 1. The third-order valence-corrected chi connectivity index (χ3v) is 4.73. The largest absolute Gasteiger partial charge is 0.348 e. The average molecular weight is 426 g/mol. The highest BCUT2D eigenvalue weighted by molar-refractivity contribution is 5.95. The van der Waals surface area contributed by atoms with Crippen molar-refractivity contribution in [1.82, 2.24) is 30.0 Å². The quantitative estimate of drug-likeness (QED) is 0.276. The van der Waals surface area contributed by atoms with Crippen molar-refractivity contribution in [3.63, 3.8) is 0 Å². The second-order valence-electron chi connectivity index (χ2n) is 7.18. The maximum atomic E-state index is 12.8. The first-order chi connectivity index (χ1) is 15.6. The Morgan fingerprint density at radius 3 is 2.84 bits per heavy atom. The maximum absolute atomic E-state index is 12.8. The maximum Gasteiger partial charge on any atom is 0.276 e. The van der Waals surface area contributed by atoms with Gasteiger partial charge < -0.3 is 5.32 Å². The molecular formula is C22H16N7O3+. The number of carbonyl (C=O) groups is 1. The molecule has 1 amide bonds. The van der Waals surface area contributed by atoms with Crippen LogP contribution in [0.2, 0.25) is 0 Å². The Morgan fingerprint density at radius 1 is 1.16 bits per heavy atom. The number of nitrogens with one attached hydrogen (secondary N) is 1. The van der Waals surface area contributed by atoms with Gasteiger partial charge in [0.1, 0.15) is 5.69 Å². The van der Waals surface area contributed by atoms with Crippen molar-refractivity contribution in [1.29, 1.82) is 0 Å². The third-order valence-electron chi connectivity index (χ3n) is 4.73. The number of pyridine rings is 2. The second kappa shape index (κ2) is 7.88. The normalized spacial score (nSPS) is 12.8. The van der Waals surface area contributed by atoms with E-state index in [1.807, 2.05) is 0 Å². The van der Waals surface area contributed by atoms with Gasteiger partial charge in [0.15, 0.2) is 11.3 Å². The number of hydrogen-bond donors (Lipinski definition) is 2. The minimum Gasteiger partial charge on any atom is -0.348 e. The average Bonchev–Trinajstić information content (AvgIpc) is 3.62. The Labute approximate surface area is 181 Å². The topological polar surface area (TPSA) is 127 Å².